The minimum atomic E-state index is -0.252. The highest BCUT2D eigenvalue weighted by Crippen LogP contribution is 2.20. The average molecular weight is 298 g/mol. The van der Waals surface area contributed by atoms with Gasteiger partial charge in [0.25, 0.3) is 0 Å². The zero-order valence-electron chi connectivity index (χ0n) is 9.29. The van der Waals surface area contributed by atoms with Crippen molar-refractivity contribution < 1.29 is 4.39 Å². The van der Waals surface area contributed by atoms with Crippen molar-refractivity contribution in [2.45, 2.75) is 12.6 Å². The number of benzene rings is 1. The van der Waals surface area contributed by atoms with E-state index in [2.05, 4.69) is 32.2 Å². The maximum absolute atomic E-state index is 13.0. The Kier molecular flexibility index (Phi) is 4.11. The Labute approximate surface area is 108 Å². The van der Waals surface area contributed by atoms with Crippen LogP contribution in [0.4, 0.5) is 4.39 Å². The normalized spacial score (nSPS) is 21.1. The molecule has 2 rings (SSSR count). The third kappa shape index (κ3) is 3.03. The molecule has 1 unspecified atom stereocenters. The number of piperazine rings is 1. The van der Waals surface area contributed by atoms with Gasteiger partial charge in [-0.1, -0.05) is 22.0 Å². The van der Waals surface area contributed by atoms with Gasteiger partial charge in [-0.25, -0.2) is 4.39 Å². The van der Waals surface area contributed by atoms with E-state index in [1.54, 1.807) is 6.07 Å². The van der Waals surface area contributed by atoms with Gasteiger partial charge in [0.15, 0.2) is 0 Å². The molecule has 1 atom stereocenters. The molecule has 1 aromatic rings. The molecule has 0 saturated carbocycles. The Morgan fingerprint density at radius 1 is 1.59 bits per heavy atom. The summed E-state index contributed by atoms with van der Waals surface area (Å²) in [7, 11) is 0. The van der Waals surface area contributed by atoms with E-state index < -0.39 is 0 Å². The molecule has 0 amide bonds. The first-order chi connectivity index (χ1) is 8.20. The van der Waals surface area contributed by atoms with Crippen LogP contribution in [0, 0.1) is 17.1 Å². The first kappa shape index (κ1) is 12.5. The maximum atomic E-state index is 13.0. The molecule has 0 bridgehead atoms. The van der Waals surface area contributed by atoms with E-state index in [9.17, 15) is 4.39 Å². The van der Waals surface area contributed by atoms with Gasteiger partial charge in [0.05, 0.1) is 6.07 Å². The predicted molar refractivity (Wildman–Crippen MR) is 66.8 cm³/mol. The van der Waals surface area contributed by atoms with E-state index in [0.717, 1.165) is 23.1 Å². The Hall–Kier alpha value is -0.960. The zero-order valence-corrected chi connectivity index (χ0v) is 10.9. The molecule has 0 aliphatic carbocycles. The van der Waals surface area contributed by atoms with E-state index in [1.165, 1.54) is 12.1 Å². The third-order valence-electron chi connectivity index (χ3n) is 2.89. The molecule has 0 spiro atoms. The standard InChI is InChI=1S/C12H13BrFN3/c13-12-5-10(14)2-1-9(12)8-17-4-3-16-7-11(17)6-15/h1-2,5,11,16H,3-4,7-8H2. The molecule has 1 aromatic carbocycles. The largest absolute Gasteiger partial charge is 0.313 e. The molecule has 0 aromatic heterocycles. The number of nitrogens with zero attached hydrogens (tertiary/aromatic N) is 2. The lowest BCUT2D eigenvalue weighted by atomic mass is 10.1. The van der Waals surface area contributed by atoms with Gasteiger partial charge in [-0.3, -0.25) is 4.90 Å². The monoisotopic (exact) mass is 297 g/mol. The number of rotatable bonds is 2. The van der Waals surface area contributed by atoms with Crippen LogP contribution in [0.25, 0.3) is 0 Å². The van der Waals surface area contributed by atoms with Crippen molar-refractivity contribution in [3.8, 4) is 6.07 Å². The van der Waals surface area contributed by atoms with Gasteiger partial charge in [0.1, 0.15) is 11.9 Å². The van der Waals surface area contributed by atoms with Crippen molar-refractivity contribution >= 4 is 15.9 Å². The summed E-state index contributed by atoms with van der Waals surface area (Å²) in [4.78, 5) is 2.11. The van der Waals surface area contributed by atoms with Crippen LogP contribution >= 0.6 is 15.9 Å². The molecule has 1 saturated heterocycles. The summed E-state index contributed by atoms with van der Waals surface area (Å²) < 4.78 is 13.7. The second kappa shape index (κ2) is 5.58. The average Bonchev–Trinajstić information content (AvgIpc) is 2.33. The summed E-state index contributed by atoms with van der Waals surface area (Å²) in [6.45, 7) is 3.08. The second-order valence-corrected chi connectivity index (χ2v) is 4.91. The SMILES string of the molecule is N#CC1CNCCN1Cc1ccc(F)cc1Br. The van der Waals surface area contributed by atoms with Gasteiger partial charge >= 0.3 is 0 Å². The molecule has 3 nitrogen and oxygen atoms in total. The predicted octanol–water partition coefficient (Wildman–Crippen LogP) is 1.89. The number of hydrogen-bond donors (Lipinski definition) is 1. The fraction of sp³-hybridized carbons (Fsp3) is 0.417. The van der Waals surface area contributed by atoms with Crippen molar-refractivity contribution in [1.82, 2.24) is 10.2 Å². The van der Waals surface area contributed by atoms with Gasteiger partial charge in [0, 0.05) is 30.7 Å². The van der Waals surface area contributed by atoms with Crippen LogP contribution in [-0.4, -0.2) is 30.6 Å². The number of nitriles is 1. The topological polar surface area (TPSA) is 39.1 Å². The summed E-state index contributed by atoms with van der Waals surface area (Å²) in [5.74, 6) is -0.252. The quantitative estimate of drug-likeness (QED) is 0.906. The summed E-state index contributed by atoms with van der Waals surface area (Å²) in [5.41, 5.74) is 1.01. The highest BCUT2D eigenvalue weighted by Gasteiger charge is 2.22. The lowest BCUT2D eigenvalue weighted by Gasteiger charge is -2.32. The molecule has 1 aliphatic heterocycles. The summed E-state index contributed by atoms with van der Waals surface area (Å²) in [6, 6.07) is 6.83. The molecule has 90 valence electrons. The highest BCUT2D eigenvalue weighted by atomic mass is 79.9. The van der Waals surface area contributed by atoms with Crippen LogP contribution in [0.1, 0.15) is 5.56 Å². The minimum Gasteiger partial charge on any atom is -0.313 e. The van der Waals surface area contributed by atoms with Crippen LogP contribution in [0.5, 0.6) is 0 Å². The van der Waals surface area contributed by atoms with E-state index in [0.29, 0.717) is 13.1 Å². The van der Waals surface area contributed by atoms with Crippen molar-refractivity contribution in [2.75, 3.05) is 19.6 Å². The fourth-order valence-electron chi connectivity index (χ4n) is 1.93. The molecule has 0 radical (unpaired) electrons. The number of hydrogen-bond acceptors (Lipinski definition) is 3. The minimum absolute atomic E-state index is 0.110. The van der Waals surface area contributed by atoms with Gasteiger partial charge in [-0.05, 0) is 17.7 Å². The van der Waals surface area contributed by atoms with E-state index in [-0.39, 0.29) is 11.9 Å². The van der Waals surface area contributed by atoms with Crippen LogP contribution in [0.15, 0.2) is 22.7 Å². The first-order valence-electron chi connectivity index (χ1n) is 5.49. The van der Waals surface area contributed by atoms with E-state index in [4.69, 9.17) is 5.26 Å². The fourth-order valence-corrected chi connectivity index (χ4v) is 2.41. The van der Waals surface area contributed by atoms with Crippen LogP contribution in [0.2, 0.25) is 0 Å². The Balaban J connectivity index is 2.11. The smallest absolute Gasteiger partial charge is 0.124 e. The van der Waals surface area contributed by atoms with E-state index in [1.807, 2.05) is 0 Å². The molecular weight excluding hydrogens is 285 g/mol. The summed E-state index contributed by atoms with van der Waals surface area (Å²) >= 11 is 3.35. The van der Waals surface area contributed by atoms with Crippen LogP contribution in [0.3, 0.4) is 0 Å². The van der Waals surface area contributed by atoms with Gasteiger partial charge in [0.2, 0.25) is 0 Å². The maximum Gasteiger partial charge on any atom is 0.124 e. The van der Waals surface area contributed by atoms with Crippen LogP contribution in [-0.2, 0) is 6.54 Å². The number of halogens is 2. The van der Waals surface area contributed by atoms with Crippen LogP contribution < -0.4 is 5.32 Å². The molecule has 5 heteroatoms. The molecule has 17 heavy (non-hydrogen) atoms. The zero-order chi connectivity index (χ0) is 12.3. The third-order valence-corrected chi connectivity index (χ3v) is 3.63. The van der Waals surface area contributed by atoms with Gasteiger partial charge < -0.3 is 5.32 Å². The Morgan fingerprint density at radius 3 is 3.12 bits per heavy atom. The van der Waals surface area contributed by atoms with Crippen molar-refractivity contribution in [2.24, 2.45) is 0 Å². The highest BCUT2D eigenvalue weighted by molar-refractivity contribution is 9.10. The summed E-state index contributed by atoms with van der Waals surface area (Å²) in [5, 5.41) is 12.2. The first-order valence-corrected chi connectivity index (χ1v) is 6.28. The van der Waals surface area contributed by atoms with Crippen molar-refractivity contribution in [3.05, 3.63) is 34.1 Å². The Bertz CT molecular complexity index is 444. The van der Waals surface area contributed by atoms with Gasteiger partial charge in [-0.15, -0.1) is 0 Å². The lowest BCUT2D eigenvalue weighted by molar-refractivity contribution is 0.189. The Morgan fingerprint density at radius 2 is 2.41 bits per heavy atom. The lowest BCUT2D eigenvalue weighted by Crippen LogP contribution is -2.50. The van der Waals surface area contributed by atoms with Crippen molar-refractivity contribution in [3.63, 3.8) is 0 Å². The second-order valence-electron chi connectivity index (χ2n) is 4.06. The molecule has 1 heterocycles. The number of nitrogens with one attached hydrogen (secondary N) is 1. The molecule has 1 N–H and O–H groups in total. The molecular formula is C12H13BrFN3. The van der Waals surface area contributed by atoms with Gasteiger partial charge in [-0.2, -0.15) is 5.26 Å². The summed E-state index contributed by atoms with van der Waals surface area (Å²) in [6.07, 6.45) is 0. The van der Waals surface area contributed by atoms with E-state index >= 15 is 0 Å². The molecule has 1 aliphatic rings. The van der Waals surface area contributed by atoms with Crippen molar-refractivity contribution in [1.29, 1.82) is 5.26 Å². The molecule has 1 fully saturated rings.